The van der Waals surface area contributed by atoms with Crippen molar-refractivity contribution < 1.29 is 14.3 Å². The molecule has 2 aromatic carbocycles. The summed E-state index contributed by atoms with van der Waals surface area (Å²) in [6.07, 6.45) is 0. The average molecular weight is 416 g/mol. The van der Waals surface area contributed by atoms with Crippen molar-refractivity contribution in [3.05, 3.63) is 64.7 Å². The maximum absolute atomic E-state index is 13.6. The first-order valence-corrected chi connectivity index (χ1v) is 10.0. The van der Waals surface area contributed by atoms with Crippen molar-refractivity contribution in [1.82, 2.24) is 15.5 Å². The molecule has 2 amide bonds. The van der Waals surface area contributed by atoms with Crippen molar-refractivity contribution >= 4 is 23.4 Å². The van der Waals surface area contributed by atoms with Gasteiger partial charge in [-0.3, -0.25) is 9.59 Å². The molecule has 0 saturated carbocycles. The molecule has 0 aromatic heterocycles. The van der Waals surface area contributed by atoms with Crippen molar-refractivity contribution in [3.8, 4) is 5.75 Å². The molecule has 2 aromatic rings. The molecule has 1 aliphatic rings. The fourth-order valence-electron chi connectivity index (χ4n) is 3.47. The number of nitrogens with zero attached hydrogens (tertiary/aromatic N) is 1. The summed E-state index contributed by atoms with van der Waals surface area (Å²) >= 11 is 6.05. The van der Waals surface area contributed by atoms with Crippen LogP contribution in [0.25, 0.3) is 0 Å². The number of hydrogen-bond donors (Lipinski definition) is 2. The predicted molar refractivity (Wildman–Crippen MR) is 113 cm³/mol. The number of nitrogens with one attached hydrogen (secondary N) is 2. The Labute approximate surface area is 176 Å². The molecule has 7 heteroatoms. The Morgan fingerprint density at radius 1 is 1.17 bits per heavy atom. The van der Waals surface area contributed by atoms with Gasteiger partial charge in [-0.1, -0.05) is 23.7 Å². The molecule has 1 fully saturated rings. The van der Waals surface area contributed by atoms with Crippen molar-refractivity contribution in [1.29, 1.82) is 0 Å². The Hall–Kier alpha value is -2.57. The lowest BCUT2D eigenvalue weighted by Crippen LogP contribution is -2.57. The Bertz CT molecular complexity index is 870. The third-order valence-electron chi connectivity index (χ3n) is 5.12. The van der Waals surface area contributed by atoms with Gasteiger partial charge in [0.05, 0.1) is 0 Å². The standard InChI is InChI=1S/C22H26ClN3O3/c1-15-14-26(13-12-25-15)21(28)22(2,17-6-8-18(23)9-7-17)29-19-10-4-16(5-11-19)20(27)24-3/h4-11,15,25H,12-14H2,1-3H3,(H,24,27)/t15-,22?/m1/s1. The van der Waals surface area contributed by atoms with Crippen LogP contribution >= 0.6 is 11.6 Å². The number of carbonyl (C=O) groups is 2. The number of piperazine rings is 1. The molecule has 29 heavy (non-hydrogen) atoms. The van der Waals surface area contributed by atoms with Gasteiger partial charge in [-0.15, -0.1) is 0 Å². The van der Waals surface area contributed by atoms with E-state index in [-0.39, 0.29) is 17.9 Å². The topological polar surface area (TPSA) is 70.7 Å². The van der Waals surface area contributed by atoms with E-state index in [2.05, 4.69) is 17.6 Å². The molecule has 154 valence electrons. The second-order valence-corrected chi connectivity index (χ2v) is 7.79. The quantitative estimate of drug-likeness (QED) is 0.787. The number of rotatable bonds is 5. The van der Waals surface area contributed by atoms with Crippen LogP contribution in [0.1, 0.15) is 29.8 Å². The summed E-state index contributed by atoms with van der Waals surface area (Å²) < 4.78 is 6.26. The minimum Gasteiger partial charge on any atom is -0.473 e. The molecule has 1 heterocycles. The number of hydrogen-bond acceptors (Lipinski definition) is 4. The van der Waals surface area contributed by atoms with Gasteiger partial charge in [0.1, 0.15) is 5.75 Å². The Kier molecular flexibility index (Phi) is 6.45. The fourth-order valence-corrected chi connectivity index (χ4v) is 3.59. The zero-order valence-corrected chi connectivity index (χ0v) is 17.6. The first-order chi connectivity index (χ1) is 13.8. The van der Waals surface area contributed by atoms with Gasteiger partial charge < -0.3 is 20.3 Å². The molecular formula is C22H26ClN3O3. The average Bonchev–Trinajstić information content (AvgIpc) is 2.73. The van der Waals surface area contributed by atoms with Crippen LogP contribution in [-0.4, -0.2) is 49.4 Å². The van der Waals surface area contributed by atoms with Gasteiger partial charge in [-0.05, 0) is 50.2 Å². The highest BCUT2D eigenvalue weighted by Gasteiger charge is 2.42. The Balaban J connectivity index is 1.93. The lowest BCUT2D eigenvalue weighted by molar-refractivity contribution is -0.149. The van der Waals surface area contributed by atoms with E-state index in [4.69, 9.17) is 16.3 Å². The Morgan fingerprint density at radius 3 is 2.41 bits per heavy atom. The van der Waals surface area contributed by atoms with E-state index in [1.165, 1.54) is 0 Å². The molecule has 0 spiro atoms. The molecule has 0 bridgehead atoms. The lowest BCUT2D eigenvalue weighted by atomic mass is 9.93. The van der Waals surface area contributed by atoms with Crippen LogP contribution in [0.2, 0.25) is 5.02 Å². The van der Waals surface area contributed by atoms with Crippen LogP contribution in [0, 0.1) is 0 Å². The minimum atomic E-state index is -1.23. The van der Waals surface area contributed by atoms with E-state index in [9.17, 15) is 9.59 Å². The maximum Gasteiger partial charge on any atom is 0.271 e. The van der Waals surface area contributed by atoms with E-state index in [1.807, 2.05) is 17.0 Å². The normalized spacial score (nSPS) is 18.6. The number of halogens is 1. The van der Waals surface area contributed by atoms with Gasteiger partial charge in [0, 0.05) is 48.9 Å². The van der Waals surface area contributed by atoms with Crippen LogP contribution in [0.3, 0.4) is 0 Å². The summed E-state index contributed by atoms with van der Waals surface area (Å²) in [6.45, 7) is 5.80. The fraction of sp³-hybridized carbons (Fsp3) is 0.364. The molecule has 2 atom stereocenters. The number of benzene rings is 2. The van der Waals surface area contributed by atoms with Crippen LogP contribution < -0.4 is 15.4 Å². The Morgan fingerprint density at radius 2 is 1.83 bits per heavy atom. The smallest absolute Gasteiger partial charge is 0.271 e. The van der Waals surface area contributed by atoms with Gasteiger partial charge >= 0.3 is 0 Å². The number of amides is 2. The molecule has 1 aliphatic heterocycles. The van der Waals surface area contributed by atoms with Crippen molar-refractivity contribution in [2.75, 3.05) is 26.7 Å². The summed E-state index contributed by atoms with van der Waals surface area (Å²) in [5, 5.41) is 6.53. The molecule has 0 radical (unpaired) electrons. The largest absolute Gasteiger partial charge is 0.473 e. The zero-order chi connectivity index (χ0) is 21.0. The van der Waals surface area contributed by atoms with Gasteiger partial charge in [-0.25, -0.2) is 0 Å². The molecule has 2 N–H and O–H groups in total. The third-order valence-corrected chi connectivity index (χ3v) is 5.38. The molecule has 3 rings (SSSR count). The van der Waals surface area contributed by atoms with Crippen molar-refractivity contribution in [3.63, 3.8) is 0 Å². The van der Waals surface area contributed by atoms with Crippen molar-refractivity contribution in [2.45, 2.75) is 25.5 Å². The van der Waals surface area contributed by atoms with E-state index < -0.39 is 5.60 Å². The highest BCUT2D eigenvalue weighted by atomic mass is 35.5. The van der Waals surface area contributed by atoms with Gasteiger partial charge in [-0.2, -0.15) is 0 Å². The summed E-state index contributed by atoms with van der Waals surface area (Å²) in [7, 11) is 1.58. The SMILES string of the molecule is CNC(=O)c1ccc(OC(C)(C(=O)N2CCN[C@H](C)C2)c2ccc(Cl)cc2)cc1. The minimum absolute atomic E-state index is 0.108. The number of ether oxygens (including phenoxy) is 1. The summed E-state index contributed by atoms with van der Waals surface area (Å²) in [6, 6.07) is 14.1. The predicted octanol–water partition coefficient (Wildman–Crippen LogP) is 2.81. The maximum atomic E-state index is 13.6. The van der Waals surface area contributed by atoms with E-state index in [0.29, 0.717) is 35.0 Å². The highest BCUT2D eigenvalue weighted by Crippen LogP contribution is 2.32. The van der Waals surface area contributed by atoms with Crippen LogP contribution in [0.4, 0.5) is 0 Å². The van der Waals surface area contributed by atoms with Gasteiger partial charge in [0.15, 0.2) is 0 Å². The third kappa shape index (κ3) is 4.71. The first-order valence-electron chi connectivity index (χ1n) is 9.63. The van der Waals surface area contributed by atoms with Gasteiger partial charge in [0.25, 0.3) is 11.8 Å². The van der Waals surface area contributed by atoms with Gasteiger partial charge in [0.2, 0.25) is 5.60 Å². The number of carbonyl (C=O) groups excluding carboxylic acids is 2. The van der Waals surface area contributed by atoms with Crippen LogP contribution in [-0.2, 0) is 10.4 Å². The second kappa shape index (κ2) is 8.84. The second-order valence-electron chi connectivity index (χ2n) is 7.35. The van der Waals surface area contributed by atoms with Crippen LogP contribution in [0.15, 0.2) is 48.5 Å². The molecule has 6 nitrogen and oxygen atoms in total. The van der Waals surface area contributed by atoms with E-state index in [0.717, 1.165) is 6.54 Å². The molecule has 1 unspecified atom stereocenters. The summed E-state index contributed by atoms with van der Waals surface area (Å²) in [5.74, 6) is 0.220. The lowest BCUT2D eigenvalue weighted by Gasteiger charge is -2.39. The van der Waals surface area contributed by atoms with Crippen molar-refractivity contribution in [2.24, 2.45) is 0 Å². The first kappa shape index (κ1) is 21.1. The van der Waals surface area contributed by atoms with Crippen LogP contribution in [0.5, 0.6) is 5.75 Å². The zero-order valence-electron chi connectivity index (χ0n) is 16.9. The summed E-state index contributed by atoms with van der Waals surface area (Å²) in [5.41, 5.74) is 0.0136. The monoisotopic (exact) mass is 415 g/mol. The highest BCUT2D eigenvalue weighted by molar-refractivity contribution is 6.30. The van der Waals surface area contributed by atoms with E-state index in [1.54, 1.807) is 50.4 Å². The molecular weight excluding hydrogens is 390 g/mol. The molecule has 0 aliphatic carbocycles. The van der Waals surface area contributed by atoms with E-state index >= 15 is 0 Å². The summed E-state index contributed by atoms with van der Waals surface area (Å²) in [4.78, 5) is 27.2. The molecule has 1 saturated heterocycles.